The van der Waals surface area contributed by atoms with E-state index >= 15 is 0 Å². The summed E-state index contributed by atoms with van der Waals surface area (Å²) in [6.45, 7) is 0. The van der Waals surface area contributed by atoms with Crippen LogP contribution in [0.25, 0.3) is 0 Å². The zero-order valence-corrected chi connectivity index (χ0v) is 10.9. The fourth-order valence-electron chi connectivity index (χ4n) is 2.62. The molecule has 1 aromatic carbocycles. The van der Waals surface area contributed by atoms with Gasteiger partial charge in [0.25, 0.3) is 0 Å². The lowest BCUT2D eigenvalue weighted by Gasteiger charge is -2.39. The number of nitrogens with two attached hydrogens (primary N) is 1. The van der Waals surface area contributed by atoms with Crippen molar-refractivity contribution in [2.75, 3.05) is 19.0 Å². The third-order valence-electron chi connectivity index (χ3n) is 3.80. The normalized spacial score (nSPS) is 21.6. The van der Waals surface area contributed by atoms with Gasteiger partial charge in [-0.25, -0.2) is 8.78 Å². The number of hydrogen-bond acceptors (Lipinski definition) is 2. The van der Waals surface area contributed by atoms with Crippen LogP contribution in [-0.4, -0.2) is 20.0 Å². The average Bonchev–Trinajstić information content (AvgIpc) is 2.33. The number of halogens is 2. The van der Waals surface area contributed by atoms with Crippen LogP contribution < -0.4 is 10.6 Å². The van der Waals surface area contributed by atoms with Crippen molar-refractivity contribution < 1.29 is 8.78 Å². The molecule has 0 heterocycles. The van der Waals surface area contributed by atoms with Gasteiger partial charge in [0.2, 0.25) is 5.92 Å². The molecule has 1 aliphatic carbocycles. The molecular formula is C14H20F2N2. The van der Waals surface area contributed by atoms with Crippen LogP contribution in [0.4, 0.5) is 14.5 Å². The predicted octanol–water partition coefficient (Wildman–Crippen LogP) is 3.12. The quantitative estimate of drug-likeness (QED) is 0.878. The number of anilines is 1. The van der Waals surface area contributed by atoms with Crippen LogP contribution in [0.1, 0.15) is 31.2 Å². The van der Waals surface area contributed by atoms with E-state index in [1.807, 2.05) is 43.3 Å². The topological polar surface area (TPSA) is 29.3 Å². The average molecular weight is 254 g/mol. The van der Waals surface area contributed by atoms with Crippen LogP contribution in [0.3, 0.4) is 0 Å². The second-order valence-electron chi connectivity index (χ2n) is 5.42. The van der Waals surface area contributed by atoms with E-state index in [9.17, 15) is 8.78 Å². The van der Waals surface area contributed by atoms with E-state index in [2.05, 4.69) is 0 Å². The van der Waals surface area contributed by atoms with Crippen LogP contribution >= 0.6 is 0 Å². The number of rotatable bonds is 2. The monoisotopic (exact) mass is 254 g/mol. The van der Waals surface area contributed by atoms with Crippen LogP contribution in [0, 0.1) is 0 Å². The van der Waals surface area contributed by atoms with Crippen LogP contribution in [0.15, 0.2) is 24.3 Å². The van der Waals surface area contributed by atoms with Crippen molar-refractivity contribution in [2.45, 2.75) is 37.1 Å². The first-order valence-corrected chi connectivity index (χ1v) is 6.28. The molecule has 2 N–H and O–H groups in total. The molecule has 2 rings (SSSR count). The van der Waals surface area contributed by atoms with Gasteiger partial charge in [0.15, 0.2) is 0 Å². The summed E-state index contributed by atoms with van der Waals surface area (Å²) in [5.41, 5.74) is 7.75. The minimum atomic E-state index is -2.55. The first-order valence-electron chi connectivity index (χ1n) is 6.28. The molecule has 4 heteroatoms. The lowest BCUT2D eigenvalue weighted by atomic mass is 9.75. The largest absolute Gasteiger partial charge is 0.377 e. The van der Waals surface area contributed by atoms with Crippen LogP contribution in [-0.2, 0) is 5.54 Å². The fraction of sp³-hybridized carbons (Fsp3) is 0.571. The first kappa shape index (κ1) is 13.3. The molecule has 0 radical (unpaired) electrons. The maximum Gasteiger partial charge on any atom is 0.248 e. The minimum Gasteiger partial charge on any atom is -0.377 e. The van der Waals surface area contributed by atoms with Crippen LogP contribution in [0.5, 0.6) is 0 Å². The van der Waals surface area contributed by atoms with E-state index in [1.165, 1.54) is 0 Å². The van der Waals surface area contributed by atoms with Crippen molar-refractivity contribution in [3.8, 4) is 0 Å². The highest BCUT2D eigenvalue weighted by Crippen LogP contribution is 2.44. The van der Waals surface area contributed by atoms with E-state index in [-0.39, 0.29) is 12.8 Å². The number of nitrogens with zero attached hydrogens (tertiary/aromatic N) is 1. The Bertz CT molecular complexity index is 420. The van der Waals surface area contributed by atoms with Gasteiger partial charge in [0.05, 0.1) is 0 Å². The van der Waals surface area contributed by atoms with E-state index in [1.54, 1.807) is 0 Å². The standard InChI is InChI=1S/C14H20F2N2/c1-18(2)12-6-4-3-5-11(12)13(17)7-9-14(15,16)10-8-13/h3-6H,7-10,17H2,1-2H3. The van der Waals surface area contributed by atoms with Gasteiger partial charge < -0.3 is 10.6 Å². The Morgan fingerprint density at radius 2 is 1.61 bits per heavy atom. The molecule has 1 aromatic rings. The van der Waals surface area contributed by atoms with Crippen molar-refractivity contribution in [3.63, 3.8) is 0 Å². The summed E-state index contributed by atoms with van der Waals surface area (Å²) in [6.07, 6.45) is 0.437. The maximum atomic E-state index is 13.3. The second kappa shape index (κ2) is 4.50. The van der Waals surface area contributed by atoms with E-state index in [0.29, 0.717) is 12.8 Å². The van der Waals surface area contributed by atoms with Crippen molar-refractivity contribution in [2.24, 2.45) is 5.73 Å². The number of hydrogen-bond donors (Lipinski definition) is 1. The Labute approximate surface area is 107 Å². The van der Waals surface area contributed by atoms with Gasteiger partial charge in [-0.3, -0.25) is 0 Å². The summed E-state index contributed by atoms with van der Waals surface area (Å²) >= 11 is 0. The summed E-state index contributed by atoms with van der Waals surface area (Å²) in [5.74, 6) is -2.55. The van der Waals surface area contributed by atoms with Gasteiger partial charge in [-0.15, -0.1) is 0 Å². The lowest BCUT2D eigenvalue weighted by molar-refractivity contribution is -0.0513. The third-order valence-corrected chi connectivity index (χ3v) is 3.80. The molecule has 0 spiro atoms. The second-order valence-corrected chi connectivity index (χ2v) is 5.42. The molecule has 0 amide bonds. The number of para-hydroxylation sites is 1. The molecule has 1 saturated carbocycles. The van der Waals surface area contributed by atoms with Crippen molar-refractivity contribution in [3.05, 3.63) is 29.8 Å². The summed E-state index contributed by atoms with van der Waals surface area (Å²) in [7, 11) is 3.89. The molecular weight excluding hydrogens is 234 g/mol. The maximum absolute atomic E-state index is 13.3. The van der Waals surface area contributed by atoms with Gasteiger partial charge >= 0.3 is 0 Å². The van der Waals surface area contributed by atoms with Crippen molar-refractivity contribution in [1.29, 1.82) is 0 Å². The summed E-state index contributed by atoms with van der Waals surface area (Å²) in [5, 5.41) is 0. The summed E-state index contributed by atoms with van der Waals surface area (Å²) in [4.78, 5) is 1.98. The molecule has 18 heavy (non-hydrogen) atoms. The van der Waals surface area contributed by atoms with E-state index in [4.69, 9.17) is 5.73 Å². The smallest absolute Gasteiger partial charge is 0.248 e. The van der Waals surface area contributed by atoms with E-state index in [0.717, 1.165) is 11.3 Å². The molecule has 2 nitrogen and oxygen atoms in total. The molecule has 0 saturated heterocycles. The Morgan fingerprint density at radius 1 is 1.06 bits per heavy atom. The first-order chi connectivity index (χ1) is 8.34. The Hall–Kier alpha value is -1.16. The Morgan fingerprint density at radius 3 is 2.17 bits per heavy atom. The van der Waals surface area contributed by atoms with Gasteiger partial charge in [0, 0.05) is 38.2 Å². The van der Waals surface area contributed by atoms with Gasteiger partial charge in [-0.2, -0.15) is 0 Å². The molecule has 0 aromatic heterocycles. The SMILES string of the molecule is CN(C)c1ccccc1C1(N)CCC(F)(F)CC1. The van der Waals surface area contributed by atoms with E-state index < -0.39 is 11.5 Å². The molecule has 0 atom stereocenters. The van der Waals surface area contributed by atoms with Crippen LogP contribution in [0.2, 0.25) is 0 Å². The molecule has 0 bridgehead atoms. The highest BCUT2D eigenvalue weighted by molar-refractivity contribution is 5.55. The summed E-state index contributed by atoms with van der Waals surface area (Å²) in [6, 6.07) is 7.80. The number of alkyl halides is 2. The summed E-state index contributed by atoms with van der Waals surface area (Å²) < 4.78 is 26.5. The van der Waals surface area contributed by atoms with Gasteiger partial charge in [-0.05, 0) is 24.5 Å². The minimum absolute atomic E-state index is 0.120. The molecule has 0 aliphatic heterocycles. The molecule has 1 aliphatic rings. The zero-order chi connectivity index (χ0) is 13.4. The number of benzene rings is 1. The molecule has 100 valence electrons. The highest BCUT2D eigenvalue weighted by Gasteiger charge is 2.42. The molecule has 0 unspecified atom stereocenters. The van der Waals surface area contributed by atoms with Crippen molar-refractivity contribution in [1.82, 2.24) is 0 Å². The highest BCUT2D eigenvalue weighted by atomic mass is 19.3. The lowest BCUT2D eigenvalue weighted by Crippen LogP contribution is -2.44. The Balaban J connectivity index is 2.31. The van der Waals surface area contributed by atoms with Crippen molar-refractivity contribution >= 4 is 5.69 Å². The third kappa shape index (κ3) is 2.48. The van der Waals surface area contributed by atoms with Gasteiger partial charge in [-0.1, -0.05) is 18.2 Å². The molecule has 1 fully saturated rings. The zero-order valence-electron chi connectivity index (χ0n) is 10.9. The Kier molecular flexibility index (Phi) is 3.32. The predicted molar refractivity (Wildman–Crippen MR) is 70.0 cm³/mol. The fourth-order valence-corrected chi connectivity index (χ4v) is 2.62. The van der Waals surface area contributed by atoms with Gasteiger partial charge in [0.1, 0.15) is 0 Å².